The number of benzene rings is 2. The SMILES string of the molecule is Cc1nccn1CC1=Cc2ccccc2C(N2CCN(C(=O)OC(C)(C)C)CC2)c2ccccc21. The lowest BCUT2D eigenvalue weighted by atomic mass is 9.91. The molecule has 0 bridgehead atoms. The lowest BCUT2D eigenvalue weighted by Gasteiger charge is -2.40. The molecular formula is C29H34N4O2. The maximum atomic E-state index is 12.6. The Balaban J connectivity index is 1.48. The second-order valence-electron chi connectivity index (χ2n) is 10.4. The van der Waals surface area contributed by atoms with Crippen LogP contribution in [0.5, 0.6) is 0 Å². The molecule has 6 nitrogen and oxygen atoms in total. The average molecular weight is 471 g/mol. The predicted molar refractivity (Wildman–Crippen MR) is 139 cm³/mol. The molecule has 1 aromatic heterocycles. The van der Waals surface area contributed by atoms with Crippen molar-refractivity contribution in [1.82, 2.24) is 19.4 Å². The van der Waals surface area contributed by atoms with Crippen LogP contribution in [0.3, 0.4) is 0 Å². The van der Waals surface area contributed by atoms with Gasteiger partial charge in [-0.2, -0.15) is 0 Å². The molecule has 0 spiro atoms. The summed E-state index contributed by atoms with van der Waals surface area (Å²) in [6.45, 7) is 11.5. The fourth-order valence-electron chi connectivity index (χ4n) is 5.12. The van der Waals surface area contributed by atoms with Crippen LogP contribution in [0, 0.1) is 6.92 Å². The molecule has 1 aliphatic carbocycles. The molecule has 5 rings (SSSR count). The summed E-state index contributed by atoms with van der Waals surface area (Å²) in [5, 5.41) is 0. The van der Waals surface area contributed by atoms with Crippen LogP contribution in [0.4, 0.5) is 4.79 Å². The van der Waals surface area contributed by atoms with Crippen LogP contribution in [0.15, 0.2) is 60.9 Å². The topological polar surface area (TPSA) is 50.6 Å². The first-order chi connectivity index (χ1) is 16.8. The van der Waals surface area contributed by atoms with E-state index in [0.29, 0.717) is 13.1 Å². The number of piperazine rings is 1. The van der Waals surface area contributed by atoms with Gasteiger partial charge in [-0.1, -0.05) is 48.5 Å². The Bertz CT molecular complexity index is 1250. The monoisotopic (exact) mass is 470 g/mol. The van der Waals surface area contributed by atoms with Gasteiger partial charge < -0.3 is 14.2 Å². The van der Waals surface area contributed by atoms with Crippen LogP contribution in [0.25, 0.3) is 11.6 Å². The second-order valence-corrected chi connectivity index (χ2v) is 10.4. The Morgan fingerprint density at radius 2 is 1.69 bits per heavy atom. The number of hydrogen-bond donors (Lipinski definition) is 0. The lowest BCUT2D eigenvalue weighted by molar-refractivity contribution is 0.0119. The maximum Gasteiger partial charge on any atom is 0.410 e. The summed E-state index contributed by atoms with van der Waals surface area (Å²) in [7, 11) is 0. The van der Waals surface area contributed by atoms with Gasteiger partial charge in [-0.15, -0.1) is 0 Å². The van der Waals surface area contributed by atoms with E-state index in [2.05, 4.69) is 69.1 Å². The van der Waals surface area contributed by atoms with Crippen molar-refractivity contribution in [3.8, 4) is 0 Å². The minimum Gasteiger partial charge on any atom is -0.444 e. The quantitative estimate of drug-likeness (QED) is 0.515. The number of carbonyl (C=O) groups excluding carboxylic acids is 1. The number of nitrogens with zero attached hydrogens (tertiary/aromatic N) is 4. The van der Waals surface area contributed by atoms with Crippen molar-refractivity contribution in [1.29, 1.82) is 0 Å². The van der Waals surface area contributed by atoms with E-state index < -0.39 is 5.60 Å². The first-order valence-corrected chi connectivity index (χ1v) is 12.4. The standard InChI is InChI=1S/C29H34N4O2/c1-21-30-13-14-33(21)20-23-19-22-9-5-6-11-25(22)27(26-12-8-7-10-24(23)26)31-15-17-32(18-16-31)28(34)35-29(2,3)4/h5-14,19,27H,15-18,20H2,1-4H3. The van der Waals surface area contributed by atoms with Crippen LogP contribution >= 0.6 is 0 Å². The molecule has 1 amide bonds. The van der Waals surface area contributed by atoms with Gasteiger partial charge in [0.25, 0.3) is 0 Å². The number of amides is 1. The van der Waals surface area contributed by atoms with Crippen molar-refractivity contribution in [3.63, 3.8) is 0 Å². The molecule has 1 saturated heterocycles. The molecule has 1 unspecified atom stereocenters. The number of ether oxygens (including phenoxy) is 1. The Morgan fingerprint density at radius 3 is 2.37 bits per heavy atom. The number of allylic oxidation sites excluding steroid dienone is 1. The average Bonchev–Trinajstić information content (AvgIpc) is 3.17. The molecule has 2 aliphatic rings. The van der Waals surface area contributed by atoms with Gasteiger partial charge in [0.05, 0.1) is 6.04 Å². The second kappa shape index (κ2) is 9.34. The zero-order valence-corrected chi connectivity index (χ0v) is 21.1. The summed E-state index contributed by atoms with van der Waals surface area (Å²) in [6.07, 6.45) is 6.02. The van der Waals surface area contributed by atoms with Crippen molar-refractivity contribution in [2.75, 3.05) is 26.2 Å². The lowest BCUT2D eigenvalue weighted by Crippen LogP contribution is -2.51. The van der Waals surface area contributed by atoms with Gasteiger partial charge in [0.15, 0.2) is 0 Å². The molecule has 2 aromatic carbocycles. The van der Waals surface area contributed by atoms with Gasteiger partial charge >= 0.3 is 6.09 Å². The van der Waals surface area contributed by atoms with E-state index >= 15 is 0 Å². The van der Waals surface area contributed by atoms with E-state index in [-0.39, 0.29) is 12.1 Å². The van der Waals surface area contributed by atoms with Crippen molar-refractivity contribution in [2.24, 2.45) is 0 Å². The van der Waals surface area contributed by atoms with Crippen LogP contribution in [-0.2, 0) is 11.3 Å². The maximum absolute atomic E-state index is 12.6. The zero-order chi connectivity index (χ0) is 24.6. The summed E-state index contributed by atoms with van der Waals surface area (Å²) in [5.41, 5.74) is 5.94. The number of imidazole rings is 1. The molecule has 182 valence electrons. The first-order valence-electron chi connectivity index (χ1n) is 12.4. The number of hydrogen-bond acceptors (Lipinski definition) is 4. The van der Waals surface area contributed by atoms with E-state index in [4.69, 9.17) is 4.74 Å². The highest BCUT2D eigenvalue weighted by molar-refractivity contribution is 5.86. The summed E-state index contributed by atoms with van der Waals surface area (Å²) in [5.74, 6) is 1.01. The Kier molecular flexibility index (Phi) is 6.24. The molecule has 6 heteroatoms. The molecule has 3 aromatic rings. The molecule has 2 heterocycles. The van der Waals surface area contributed by atoms with E-state index in [1.54, 1.807) is 0 Å². The van der Waals surface area contributed by atoms with Crippen molar-refractivity contribution in [3.05, 3.63) is 89.0 Å². The fourth-order valence-corrected chi connectivity index (χ4v) is 5.12. The first kappa shape index (κ1) is 23.4. The van der Waals surface area contributed by atoms with E-state index in [9.17, 15) is 4.79 Å². The summed E-state index contributed by atoms with van der Waals surface area (Å²) < 4.78 is 7.82. The van der Waals surface area contributed by atoms with Gasteiger partial charge in [0.2, 0.25) is 0 Å². The van der Waals surface area contributed by atoms with Crippen LogP contribution < -0.4 is 0 Å². The third kappa shape index (κ3) is 4.89. The summed E-state index contributed by atoms with van der Waals surface area (Å²) in [6, 6.07) is 17.6. The van der Waals surface area contributed by atoms with E-state index in [1.165, 1.54) is 27.8 Å². The summed E-state index contributed by atoms with van der Waals surface area (Å²) >= 11 is 0. The van der Waals surface area contributed by atoms with Crippen LogP contribution in [0.1, 0.15) is 54.9 Å². The third-order valence-electron chi connectivity index (χ3n) is 6.82. The number of fused-ring (bicyclic) bond motifs is 2. The van der Waals surface area contributed by atoms with Gasteiger partial charge in [-0.05, 0) is 61.6 Å². The zero-order valence-electron chi connectivity index (χ0n) is 21.1. The molecule has 0 radical (unpaired) electrons. The Morgan fingerprint density at radius 1 is 1.00 bits per heavy atom. The van der Waals surface area contributed by atoms with E-state index in [1.807, 2.05) is 45.0 Å². The van der Waals surface area contributed by atoms with Gasteiger partial charge in [0, 0.05) is 45.1 Å². The third-order valence-corrected chi connectivity index (χ3v) is 6.82. The number of aryl methyl sites for hydroxylation is 1. The molecule has 0 N–H and O–H groups in total. The summed E-state index contributed by atoms with van der Waals surface area (Å²) in [4.78, 5) is 21.4. The molecule has 35 heavy (non-hydrogen) atoms. The van der Waals surface area contributed by atoms with Crippen molar-refractivity contribution < 1.29 is 9.53 Å². The fraction of sp³-hybridized carbons (Fsp3) is 0.379. The Labute approximate surface area is 207 Å². The van der Waals surface area contributed by atoms with Gasteiger partial charge in [0.1, 0.15) is 11.4 Å². The van der Waals surface area contributed by atoms with Gasteiger partial charge in [-0.25, -0.2) is 9.78 Å². The number of rotatable bonds is 3. The molecular weight excluding hydrogens is 436 g/mol. The van der Waals surface area contributed by atoms with Gasteiger partial charge in [-0.3, -0.25) is 4.90 Å². The molecule has 1 atom stereocenters. The predicted octanol–water partition coefficient (Wildman–Crippen LogP) is 5.39. The Hall–Kier alpha value is -3.38. The van der Waals surface area contributed by atoms with E-state index in [0.717, 1.165) is 25.5 Å². The molecule has 0 saturated carbocycles. The highest BCUT2D eigenvalue weighted by atomic mass is 16.6. The van der Waals surface area contributed by atoms with Crippen LogP contribution in [-0.4, -0.2) is 57.2 Å². The smallest absolute Gasteiger partial charge is 0.410 e. The van der Waals surface area contributed by atoms with Crippen LogP contribution in [0.2, 0.25) is 0 Å². The molecule has 1 fully saturated rings. The normalized spacial score (nSPS) is 18.3. The minimum atomic E-state index is -0.483. The molecule has 1 aliphatic heterocycles. The highest BCUT2D eigenvalue weighted by Crippen LogP contribution is 2.40. The minimum absolute atomic E-state index is 0.126. The highest BCUT2D eigenvalue weighted by Gasteiger charge is 2.33. The number of carbonyl (C=O) groups is 1. The van der Waals surface area contributed by atoms with Crippen molar-refractivity contribution in [2.45, 2.75) is 45.9 Å². The van der Waals surface area contributed by atoms with Crippen molar-refractivity contribution >= 4 is 17.7 Å². The largest absolute Gasteiger partial charge is 0.444 e. The number of aromatic nitrogens is 2.